The van der Waals surface area contributed by atoms with E-state index in [-0.39, 0.29) is 0 Å². The first-order valence-electron chi connectivity index (χ1n) is 6.75. The quantitative estimate of drug-likeness (QED) is 0.775. The third-order valence-electron chi connectivity index (χ3n) is 3.69. The number of amides is 3. The summed E-state index contributed by atoms with van der Waals surface area (Å²) in [4.78, 5) is 22.6. The Morgan fingerprint density at radius 1 is 1.22 bits per heavy atom. The van der Waals surface area contributed by atoms with Crippen molar-refractivity contribution in [2.75, 3.05) is 6.54 Å². The first-order chi connectivity index (χ1) is 8.52. The zero-order valence-electron chi connectivity index (χ0n) is 11.2. The van der Waals surface area contributed by atoms with Gasteiger partial charge in [-0.2, -0.15) is 0 Å². The molecule has 0 aliphatic heterocycles. The third kappa shape index (κ3) is 5.25. The van der Waals surface area contributed by atoms with Crippen LogP contribution < -0.4 is 10.6 Å². The summed E-state index contributed by atoms with van der Waals surface area (Å²) >= 11 is 5.56. The fourth-order valence-electron chi connectivity index (χ4n) is 2.34. The molecule has 1 saturated carbocycles. The lowest BCUT2D eigenvalue weighted by atomic mass is 9.81. The molecule has 1 atom stereocenters. The number of urea groups is 1. The van der Waals surface area contributed by atoms with E-state index >= 15 is 0 Å². The normalized spacial score (nSPS) is 25.3. The first kappa shape index (κ1) is 15.3. The molecule has 0 aromatic rings. The van der Waals surface area contributed by atoms with E-state index in [1.807, 2.05) is 0 Å². The maximum Gasteiger partial charge on any atom is 0.321 e. The third-order valence-corrected chi connectivity index (χ3v) is 3.89. The Kier molecular flexibility index (Phi) is 6.47. The van der Waals surface area contributed by atoms with Gasteiger partial charge in [0.2, 0.25) is 5.91 Å². The monoisotopic (exact) mass is 274 g/mol. The highest BCUT2D eigenvalue weighted by Gasteiger charge is 2.20. The van der Waals surface area contributed by atoms with Crippen LogP contribution in [-0.4, -0.2) is 23.9 Å². The van der Waals surface area contributed by atoms with E-state index in [0.717, 1.165) is 5.92 Å². The topological polar surface area (TPSA) is 58.2 Å². The molecular weight excluding hydrogens is 252 g/mol. The van der Waals surface area contributed by atoms with Crippen LogP contribution in [0.4, 0.5) is 4.79 Å². The van der Waals surface area contributed by atoms with Crippen LogP contribution in [0, 0.1) is 11.8 Å². The highest BCUT2D eigenvalue weighted by molar-refractivity contribution is 6.31. The number of hydrogen-bond acceptors (Lipinski definition) is 2. The van der Waals surface area contributed by atoms with Crippen LogP contribution in [0.1, 0.15) is 46.0 Å². The minimum atomic E-state index is -0.684. The van der Waals surface area contributed by atoms with Gasteiger partial charge in [0.05, 0.1) is 0 Å². The van der Waals surface area contributed by atoms with Crippen LogP contribution in [0.25, 0.3) is 0 Å². The van der Waals surface area contributed by atoms with Gasteiger partial charge in [0.1, 0.15) is 5.38 Å². The van der Waals surface area contributed by atoms with Crippen LogP contribution in [-0.2, 0) is 4.79 Å². The second-order valence-electron chi connectivity index (χ2n) is 5.11. The average Bonchev–Trinajstić information content (AvgIpc) is 2.36. The highest BCUT2D eigenvalue weighted by atomic mass is 35.5. The molecule has 0 aromatic heterocycles. The van der Waals surface area contributed by atoms with Gasteiger partial charge in [0.25, 0.3) is 0 Å². The number of alkyl halides is 1. The molecule has 0 heterocycles. The number of hydrogen-bond donors (Lipinski definition) is 2. The molecule has 18 heavy (non-hydrogen) atoms. The van der Waals surface area contributed by atoms with Gasteiger partial charge in [0.15, 0.2) is 0 Å². The molecule has 2 N–H and O–H groups in total. The van der Waals surface area contributed by atoms with Gasteiger partial charge < -0.3 is 5.32 Å². The van der Waals surface area contributed by atoms with E-state index in [1.165, 1.54) is 39.0 Å². The zero-order valence-corrected chi connectivity index (χ0v) is 11.9. The van der Waals surface area contributed by atoms with Gasteiger partial charge in [-0.05, 0) is 31.6 Å². The van der Waals surface area contributed by atoms with Crippen molar-refractivity contribution in [2.24, 2.45) is 11.8 Å². The summed E-state index contributed by atoms with van der Waals surface area (Å²) in [6, 6.07) is -0.440. The molecule has 1 unspecified atom stereocenters. The van der Waals surface area contributed by atoms with Crippen LogP contribution >= 0.6 is 11.6 Å². The summed E-state index contributed by atoms with van der Waals surface area (Å²) in [5.41, 5.74) is 0. The lowest BCUT2D eigenvalue weighted by Gasteiger charge is -2.27. The smallest absolute Gasteiger partial charge is 0.321 e. The number of carbonyl (C=O) groups excluding carboxylic acids is 2. The molecular formula is C13H23ClN2O2. The summed E-state index contributed by atoms with van der Waals surface area (Å²) in [5, 5.41) is 4.27. The summed E-state index contributed by atoms with van der Waals surface area (Å²) in [7, 11) is 0. The fourth-order valence-corrected chi connectivity index (χ4v) is 2.39. The summed E-state index contributed by atoms with van der Waals surface area (Å²) in [6.45, 7) is 4.41. The van der Waals surface area contributed by atoms with Gasteiger partial charge in [-0.15, -0.1) is 11.6 Å². The van der Waals surface area contributed by atoms with Gasteiger partial charge in [-0.25, -0.2) is 4.79 Å². The van der Waals surface area contributed by atoms with Crippen LogP contribution in [0.2, 0.25) is 0 Å². The average molecular weight is 275 g/mol. The van der Waals surface area contributed by atoms with Crippen molar-refractivity contribution in [1.29, 1.82) is 0 Å². The molecule has 3 amide bonds. The van der Waals surface area contributed by atoms with E-state index < -0.39 is 17.3 Å². The molecule has 104 valence electrons. The molecule has 1 fully saturated rings. The molecule has 5 heteroatoms. The molecule has 0 aromatic carbocycles. The minimum absolute atomic E-state index is 0.440. The standard InChI is InChI=1S/C13H23ClN2O2/c1-3-10-4-6-11(7-5-10)8-15-13(18)16-12(17)9(2)14/h9-11H,3-8H2,1-2H3,(H2,15,16,17,18). The lowest BCUT2D eigenvalue weighted by Crippen LogP contribution is -2.44. The van der Waals surface area contributed by atoms with Gasteiger partial charge >= 0.3 is 6.03 Å². The molecule has 1 aliphatic carbocycles. The summed E-state index contributed by atoms with van der Waals surface area (Å²) < 4.78 is 0. The number of imide groups is 1. The Labute approximate surface area is 114 Å². The molecule has 0 spiro atoms. The molecule has 0 radical (unpaired) electrons. The number of rotatable bonds is 4. The Morgan fingerprint density at radius 3 is 2.28 bits per heavy atom. The predicted octanol–water partition coefficient (Wildman–Crippen LogP) is 2.66. The number of nitrogens with one attached hydrogen (secondary N) is 2. The second kappa shape index (κ2) is 7.62. The predicted molar refractivity (Wildman–Crippen MR) is 72.6 cm³/mol. The van der Waals surface area contributed by atoms with E-state index in [0.29, 0.717) is 12.5 Å². The largest absolute Gasteiger partial charge is 0.338 e. The second-order valence-corrected chi connectivity index (χ2v) is 5.76. The summed E-state index contributed by atoms with van der Waals surface area (Å²) in [5.74, 6) is 0.944. The zero-order chi connectivity index (χ0) is 13.5. The Hall–Kier alpha value is -0.770. The van der Waals surface area contributed by atoms with Crippen molar-refractivity contribution in [3.8, 4) is 0 Å². The van der Waals surface area contributed by atoms with E-state index in [4.69, 9.17) is 11.6 Å². The first-order valence-corrected chi connectivity index (χ1v) is 7.19. The SMILES string of the molecule is CCC1CCC(CNC(=O)NC(=O)C(C)Cl)CC1. The van der Waals surface area contributed by atoms with Gasteiger partial charge in [0, 0.05) is 6.54 Å². The maximum absolute atomic E-state index is 11.4. The minimum Gasteiger partial charge on any atom is -0.338 e. The molecule has 1 aliphatic rings. The van der Waals surface area contributed by atoms with Crippen LogP contribution in [0.15, 0.2) is 0 Å². The molecule has 0 saturated heterocycles. The van der Waals surface area contributed by atoms with Gasteiger partial charge in [-0.1, -0.05) is 26.2 Å². The number of carbonyl (C=O) groups is 2. The molecule has 1 rings (SSSR count). The van der Waals surface area contributed by atoms with E-state index in [1.54, 1.807) is 0 Å². The molecule has 4 nitrogen and oxygen atoms in total. The van der Waals surface area contributed by atoms with Crippen molar-refractivity contribution in [2.45, 2.75) is 51.3 Å². The Morgan fingerprint density at radius 2 is 1.78 bits per heavy atom. The van der Waals surface area contributed by atoms with Crippen molar-refractivity contribution < 1.29 is 9.59 Å². The van der Waals surface area contributed by atoms with Crippen molar-refractivity contribution in [3.63, 3.8) is 0 Å². The van der Waals surface area contributed by atoms with Crippen molar-refractivity contribution in [1.82, 2.24) is 10.6 Å². The Bertz CT molecular complexity index is 287. The van der Waals surface area contributed by atoms with E-state index in [2.05, 4.69) is 17.6 Å². The van der Waals surface area contributed by atoms with E-state index in [9.17, 15) is 9.59 Å². The Balaban J connectivity index is 2.17. The van der Waals surface area contributed by atoms with Crippen molar-refractivity contribution in [3.05, 3.63) is 0 Å². The molecule has 0 bridgehead atoms. The van der Waals surface area contributed by atoms with Crippen LogP contribution in [0.5, 0.6) is 0 Å². The van der Waals surface area contributed by atoms with Gasteiger partial charge in [-0.3, -0.25) is 10.1 Å². The lowest BCUT2D eigenvalue weighted by molar-refractivity contribution is -0.119. The highest BCUT2D eigenvalue weighted by Crippen LogP contribution is 2.29. The maximum atomic E-state index is 11.4. The fraction of sp³-hybridized carbons (Fsp3) is 0.846. The van der Waals surface area contributed by atoms with Crippen LogP contribution in [0.3, 0.4) is 0 Å². The number of halogens is 1. The van der Waals surface area contributed by atoms with Crippen molar-refractivity contribution >= 4 is 23.5 Å². The summed E-state index contributed by atoms with van der Waals surface area (Å²) in [6.07, 6.45) is 6.09.